The summed E-state index contributed by atoms with van der Waals surface area (Å²) in [6, 6.07) is 4.47. The zero-order valence-corrected chi connectivity index (χ0v) is 12.2. The average molecular weight is 308 g/mol. The molecule has 2 aromatic rings. The number of hydrogen-bond acceptors (Lipinski definition) is 5. The molecule has 0 radical (unpaired) electrons. The van der Waals surface area contributed by atoms with Gasteiger partial charge in [0.1, 0.15) is 11.9 Å². The van der Waals surface area contributed by atoms with Gasteiger partial charge in [0.2, 0.25) is 11.7 Å². The number of amides is 2. The molecule has 7 nitrogen and oxygen atoms in total. The topological polar surface area (TPSA) is 100 Å². The first-order valence-electron chi connectivity index (χ1n) is 6.77. The Bertz CT molecular complexity index is 647. The molecule has 0 fully saturated rings. The maximum Gasteiger partial charge on any atom is 0.315 e. The molecule has 22 heavy (non-hydrogen) atoms. The van der Waals surface area contributed by atoms with Crippen LogP contribution in [0.15, 0.2) is 28.8 Å². The van der Waals surface area contributed by atoms with Gasteiger partial charge >= 0.3 is 6.03 Å². The van der Waals surface area contributed by atoms with E-state index in [4.69, 9.17) is 9.63 Å². The van der Waals surface area contributed by atoms with E-state index in [1.807, 2.05) is 0 Å². The molecule has 3 N–H and O–H groups in total. The van der Waals surface area contributed by atoms with Crippen LogP contribution < -0.4 is 10.6 Å². The Labute approximate surface area is 126 Å². The van der Waals surface area contributed by atoms with Gasteiger partial charge in [-0.3, -0.25) is 0 Å². The van der Waals surface area contributed by atoms with Crippen molar-refractivity contribution in [3.63, 3.8) is 0 Å². The van der Waals surface area contributed by atoms with Gasteiger partial charge in [-0.25, -0.2) is 9.18 Å². The van der Waals surface area contributed by atoms with Crippen molar-refractivity contribution in [3.8, 4) is 11.4 Å². The highest BCUT2D eigenvalue weighted by atomic mass is 19.1. The molecule has 1 aromatic carbocycles. The van der Waals surface area contributed by atoms with E-state index in [1.165, 1.54) is 12.1 Å². The smallest absolute Gasteiger partial charge is 0.315 e. The number of carbonyl (C=O) groups is 1. The van der Waals surface area contributed by atoms with Gasteiger partial charge < -0.3 is 20.3 Å². The number of hydrogen-bond donors (Lipinski definition) is 3. The van der Waals surface area contributed by atoms with Crippen LogP contribution in [0.25, 0.3) is 11.4 Å². The van der Waals surface area contributed by atoms with Gasteiger partial charge in [-0.1, -0.05) is 17.3 Å². The lowest BCUT2D eigenvalue weighted by Gasteiger charge is -2.14. The molecular formula is C14H17FN4O3. The molecule has 0 saturated carbocycles. The Balaban J connectivity index is 2.03. The van der Waals surface area contributed by atoms with E-state index in [0.717, 1.165) is 0 Å². The number of urea groups is 1. The quantitative estimate of drug-likeness (QED) is 0.779. The maximum atomic E-state index is 13.2. The first kappa shape index (κ1) is 15.9. The molecule has 118 valence electrons. The van der Waals surface area contributed by atoms with E-state index in [2.05, 4.69) is 20.8 Å². The number of aliphatic hydroxyl groups is 1. The van der Waals surface area contributed by atoms with Gasteiger partial charge in [-0.15, -0.1) is 0 Å². The Hall–Kier alpha value is -2.48. The number of nitrogens with one attached hydrogen (secondary N) is 2. The normalized spacial score (nSPS) is 13.5. The molecule has 1 aromatic heterocycles. The summed E-state index contributed by atoms with van der Waals surface area (Å²) < 4.78 is 18.3. The van der Waals surface area contributed by atoms with Crippen molar-refractivity contribution in [2.75, 3.05) is 6.61 Å². The fraction of sp³-hybridized carbons (Fsp3) is 0.357. The van der Waals surface area contributed by atoms with Crippen LogP contribution in [0, 0.1) is 5.82 Å². The highest BCUT2D eigenvalue weighted by Gasteiger charge is 2.18. The summed E-state index contributed by atoms with van der Waals surface area (Å²) in [6.45, 7) is 3.18. The van der Waals surface area contributed by atoms with Gasteiger partial charge in [0.05, 0.1) is 12.6 Å². The predicted octanol–water partition coefficient (Wildman–Crippen LogP) is 1.62. The van der Waals surface area contributed by atoms with Crippen LogP contribution in [0.3, 0.4) is 0 Å². The van der Waals surface area contributed by atoms with E-state index in [1.54, 1.807) is 26.0 Å². The minimum Gasteiger partial charge on any atom is -0.394 e. The van der Waals surface area contributed by atoms with Crippen molar-refractivity contribution >= 4 is 6.03 Å². The third kappa shape index (κ3) is 4.01. The number of carbonyl (C=O) groups excluding carboxylic acids is 1. The lowest BCUT2D eigenvalue weighted by molar-refractivity contribution is 0.215. The second-order valence-electron chi connectivity index (χ2n) is 4.89. The molecule has 0 bridgehead atoms. The number of nitrogens with zero attached hydrogens (tertiary/aromatic N) is 2. The fourth-order valence-electron chi connectivity index (χ4n) is 1.73. The van der Waals surface area contributed by atoms with Gasteiger partial charge in [0, 0.05) is 5.56 Å². The molecule has 0 spiro atoms. The SMILES string of the molecule is CC(CO)NC(=O)NC(C)c1nc(-c2cccc(F)c2)no1. The Morgan fingerprint density at radius 2 is 2.18 bits per heavy atom. The number of rotatable bonds is 5. The van der Waals surface area contributed by atoms with Gasteiger partial charge in [0.15, 0.2) is 0 Å². The summed E-state index contributed by atoms with van der Waals surface area (Å²) in [7, 11) is 0. The van der Waals surface area contributed by atoms with Crippen molar-refractivity contribution in [1.29, 1.82) is 0 Å². The third-order valence-electron chi connectivity index (χ3n) is 2.89. The van der Waals surface area contributed by atoms with Crippen LogP contribution in [0.1, 0.15) is 25.8 Å². The van der Waals surface area contributed by atoms with Gasteiger partial charge in [-0.05, 0) is 26.0 Å². The second-order valence-corrected chi connectivity index (χ2v) is 4.89. The first-order chi connectivity index (χ1) is 10.5. The predicted molar refractivity (Wildman–Crippen MR) is 76.3 cm³/mol. The lowest BCUT2D eigenvalue weighted by Crippen LogP contribution is -2.43. The van der Waals surface area contributed by atoms with Crippen LogP contribution in [0.4, 0.5) is 9.18 Å². The zero-order chi connectivity index (χ0) is 16.1. The van der Waals surface area contributed by atoms with Crippen LogP contribution in [0.5, 0.6) is 0 Å². The van der Waals surface area contributed by atoms with Crippen LogP contribution in [-0.4, -0.2) is 33.9 Å². The monoisotopic (exact) mass is 308 g/mol. The fourth-order valence-corrected chi connectivity index (χ4v) is 1.73. The highest BCUT2D eigenvalue weighted by molar-refractivity contribution is 5.74. The van der Waals surface area contributed by atoms with E-state index in [-0.39, 0.29) is 24.4 Å². The number of benzene rings is 1. The van der Waals surface area contributed by atoms with E-state index < -0.39 is 17.9 Å². The van der Waals surface area contributed by atoms with E-state index >= 15 is 0 Å². The Morgan fingerprint density at radius 1 is 1.41 bits per heavy atom. The summed E-state index contributed by atoms with van der Waals surface area (Å²) in [5.41, 5.74) is 0.487. The molecule has 2 unspecified atom stereocenters. The van der Waals surface area contributed by atoms with Gasteiger partial charge in [-0.2, -0.15) is 4.98 Å². The molecule has 2 rings (SSSR count). The van der Waals surface area contributed by atoms with Crippen molar-refractivity contribution < 1.29 is 18.8 Å². The molecule has 0 aliphatic carbocycles. The summed E-state index contributed by atoms with van der Waals surface area (Å²) in [4.78, 5) is 15.8. The third-order valence-corrected chi connectivity index (χ3v) is 2.89. The lowest BCUT2D eigenvalue weighted by atomic mass is 10.2. The Morgan fingerprint density at radius 3 is 2.86 bits per heavy atom. The molecule has 0 saturated heterocycles. The summed E-state index contributed by atoms with van der Waals surface area (Å²) in [5, 5.41) is 17.8. The zero-order valence-electron chi connectivity index (χ0n) is 12.2. The Kier molecular flexibility index (Phi) is 5.05. The summed E-state index contributed by atoms with van der Waals surface area (Å²) in [6.07, 6.45) is 0. The van der Waals surface area contributed by atoms with E-state index in [9.17, 15) is 9.18 Å². The highest BCUT2D eigenvalue weighted by Crippen LogP contribution is 2.19. The first-order valence-corrected chi connectivity index (χ1v) is 6.77. The maximum absolute atomic E-state index is 13.2. The molecule has 8 heteroatoms. The molecule has 0 aliphatic rings. The molecule has 2 amide bonds. The van der Waals surface area contributed by atoms with Crippen LogP contribution in [-0.2, 0) is 0 Å². The number of aromatic nitrogens is 2. The minimum atomic E-state index is -0.527. The van der Waals surface area contributed by atoms with Crippen molar-refractivity contribution in [1.82, 2.24) is 20.8 Å². The molecule has 2 atom stereocenters. The molecular weight excluding hydrogens is 291 g/mol. The number of halogens is 1. The molecule has 0 aliphatic heterocycles. The van der Waals surface area contributed by atoms with E-state index in [0.29, 0.717) is 5.56 Å². The van der Waals surface area contributed by atoms with Crippen LogP contribution in [0.2, 0.25) is 0 Å². The summed E-state index contributed by atoms with van der Waals surface area (Å²) in [5.74, 6) is 0.0470. The minimum absolute atomic E-state index is 0.161. The number of aliphatic hydroxyl groups excluding tert-OH is 1. The van der Waals surface area contributed by atoms with Crippen LogP contribution >= 0.6 is 0 Å². The average Bonchev–Trinajstić information content (AvgIpc) is 2.96. The summed E-state index contributed by atoms with van der Waals surface area (Å²) >= 11 is 0. The molecule has 1 heterocycles. The largest absolute Gasteiger partial charge is 0.394 e. The van der Waals surface area contributed by atoms with Gasteiger partial charge in [0.25, 0.3) is 0 Å². The second kappa shape index (κ2) is 6.99. The standard InChI is InChI=1S/C14H17FN4O3/c1-8(7-20)16-14(21)17-9(2)13-18-12(19-22-13)10-4-3-5-11(15)6-10/h3-6,8-9,20H,7H2,1-2H3,(H2,16,17,21). The van der Waals surface area contributed by atoms with Crippen molar-refractivity contribution in [2.45, 2.75) is 25.9 Å². The van der Waals surface area contributed by atoms with Crippen molar-refractivity contribution in [3.05, 3.63) is 36.0 Å². The van der Waals surface area contributed by atoms with Crippen molar-refractivity contribution in [2.24, 2.45) is 0 Å².